The van der Waals surface area contributed by atoms with Crippen LogP contribution < -0.4 is 20.1 Å². The summed E-state index contributed by atoms with van der Waals surface area (Å²) in [5.74, 6) is 1.48. The maximum Gasteiger partial charge on any atom is 0.255 e. The van der Waals surface area contributed by atoms with Crippen LogP contribution in [0.15, 0.2) is 65.0 Å². The average molecular weight is 438 g/mol. The van der Waals surface area contributed by atoms with Crippen LogP contribution in [-0.4, -0.2) is 41.1 Å². The van der Waals surface area contributed by atoms with E-state index in [-0.39, 0.29) is 5.91 Å². The number of ether oxygens (including phenoxy) is 2. The van der Waals surface area contributed by atoms with Crippen LogP contribution in [0.1, 0.15) is 18.5 Å². The van der Waals surface area contributed by atoms with Crippen LogP contribution in [0.3, 0.4) is 0 Å². The normalized spacial score (nSPS) is 15.2. The summed E-state index contributed by atoms with van der Waals surface area (Å²) >= 11 is 1.66. The van der Waals surface area contributed by atoms with E-state index in [0.29, 0.717) is 34.4 Å². The highest BCUT2D eigenvalue weighted by atomic mass is 32.2. The summed E-state index contributed by atoms with van der Waals surface area (Å²) in [5.41, 5.74) is 2.71. The first-order valence-corrected chi connectivity index (χ1v) is 10.8. The molecule has 1 aliphatic heterocycles. The van der Waals surface area contributed by atoms with Crippen molar-refractivity contribution in [3.8, 4) is 11.5 Å². The molecule has 9 heteroatoms. The molecule has 1 atom stereocenters. The van der Waals surface area contributed by atoms with Gasteiger partial charge in [0.2, 0.25) is 5.95 Å². The first kappa shape index (κ1) is 20.8. The molecule has 2 N–H and O–H groups in total. The molecule has 31 heavy (non-hydrogen) atoms. The Hall–Kier alpha value is -3.46. The largest absolute Gasteiger partial charge is 0.497 e. The first-order valence-electron chi connectivity index (χ1n) is 9.60. The van der Waals surface area contributed by atoms with Crippen molar-refractivity contribution < 1.29 is 14.3 Å². The zero-order chi connectivity index (χ0) is 22.0. The topological polar surface area (TPSA) is 90.3 Å². The molecule has 0 fully saturated rings. The number of carbonyl (C=O) groups excluding carboxylic acids is 1. The molecular weight excluding hydrogens is 414 g/mol. The Bertz CT molecular complexity index is 1140. The van der Waals surface area contributed by atoms with Gasteiger partial charge in [0.25, 0.3) is 5.91 Å². The highest BCUT2D eigenvalue weighted by molar-refractivity contribution is 7.98. The Labute approximate surface area is 184 Å². The number of nitrogens with zero attached hydrogens (tertiary/aromatic N) is 3. The smallest absolute Gasteiger partial charge is 0.255 e. The standard InChI is InChI=1S/C22H23N5O3S/c1-13-19(21(28)26-17-11-15(29-2)7-10-18(17)30-3)20(27-22(25-13)23-12-24-27)14-5-8-16(31-4)9-6-14/h5-12,20H,1-4H3,(H,26,28)(H,23,24,25)/t20-/m0/s1. The van der Waals surface area contributed by atoms with Crippen molar-refractivity contribution in [1.82, 2.24) is 14.8 Å². The molecule has 160 valence electrons. The Balaban J connectivity index is 1.75. The molecule has 2 aromatic carbocycles. The van der Waals surface area contributed by atoms with E-state index in [1.807, 2.05) is 37.4 Å². The molecule has 8 nitrogen and oxygen atoms in total. The van der Waals surface area contributed by atoms with E-state index in [2.05, 4.69) is 20.7 Å². The number of fused-ring (bicyclic) bond motifs is 1. The fraction of sp³-hybridized carbons (Fsp3) is 0.227. The van der Waals surface area contributed by atoms with Crippen molar-refractivity contribution in [2.75, 3.05) is 31.1 Å². The number of amides is 1. The van der Waals surface area contributed by atoms with E-state index in [0.717, 1.165) is 10.5 Å². The van der Waals surface area contributed by atoms with Gasteiger partial charge < -0.3 is 20.1 Å². The predicted octanol–water partition coefficient (Wildman–Crippen LogP) is 3.94. The van der Waals surface area contributed by atoms with E-state index >= 15 is 0 Å². The zero-order valence-corrected chi connectivity index (χ0v) is 18.5. The minimum absolute atomic E-state index is 0.267. The third-order valence-electron chi connectivity index (χ3n) is 5.13. The van der Waals surface area contributed by atoms with Gasteiger partial charge in [-0.3, -0.25) is 4.79 Å². The van der Waals surface area contributed by atoms with E-state index in [9.17, 15) is 4.79 Å². The molecule has 0 spiro atoms. The summed E-state index contributed by atoms with van der Waals surface area (Å²) in [5, 5.41) is 10.5. The number of hydrogen-bond donors (Lipinski definition) is 2. The molecule has 4 rings (SSSR count). The van der Waals surface area contributed by atoms with Gasteiger partial charge in [0.05, 0.1) is 25.5 Å². The van der Waals surface area contributed by atoms with Gasteiger partial charge in [-0.15, -0.1) is 11.8 Å². The summed E-state index contributed by atoms with van der Waals surface area (Å²) in [7, 11) is 3.13. The summed E-state index contributed by atoms with van der Waals surface area (Å²) in [6, 6.07) is 12.9. The molecule has 0 aliphatic carbocycles. The fourth-order valence-corrected chi connectivity index (χ4v) is 3.99. The number of anilines is 2. The van der Waals surface area contributed by atoms with Gasteiger partial charge in [0.15, 0.2) is 0 Å². The van der Waals surface area contributed by atoms with Gasteiger partial charge >= 0.3 is 0 Å². The Morgan fingerprint density at radius 3 is 2.61 bits per heavy atom. The average Bonchev–Trinajstić information content (AvgIpc) is 3.26. The lowest BCUT2D eigenvalue weighted by molar-refractivity contribution is -0.113. The number of rotatable bonds is 6. The van der Waals surface area contributed by atoms with E-state index in [1.165, 1.54) is 6.33 Å². The van der Waals surface area contributed by atoms with Gasteiger partial charge in [0, 0.05) is 16.7 Å². The van der Waals surface area contributed by atoms with Crippen LogP contribution >= 0.6 is 11.8 Å². The van der Waals surface area contributed by atoms with E-state index < -0.39 is 6.04 Å². The summed E-state index contributed by atoms with van der Waals surface area (Å²) in [4.78, 5) is 18.9. The maximum atomic E-state index is 13.5. The monoisotopic (exact) mass is 437 g/mol. The van der Waals surface area contributed by atoms with E-state index in [4.69, 9.17) is 9.47 Å². The minimum atomic E-state index is -0.425. The predicted molar refractivity (Wildman–Crippen MR) is 121 cm³/mol. The van der Waals surface area contributed by atoms with Crippen molar-refractivity contribution >= 4 is 29.3 Å². The number of thioether (sulfide) groups is 1. The van der Waals surface area contributed by atoms with Crippen molar-refractivity contribution in [2.45, 2.75) is 17.9 Å². The lowest BCUT2D eigenvalue weighted by atomic mass is 9.95. The molecule has 0 bridgehead atoms. The Morgan fingerprint density at radius 2 is 1.94 bits per heavy atom. The van der Waals surface area contributed by atoms with Gasteiger partial charge in [-0.2, -0.15) is 10.1 Å². The summed E-state index contributed by atoms with van der Waals surface area (Å²) < 4.78 is 12.4. The summed E-state index contributed by atoms with van der Waals surface area (Å²) in [6.07, 6.45) is 3.50. The van der Waals surface area contributed by atoms with Crippen molar-refractivity contribution in [1.29, 1.82) is 0 Å². The number of aromatic nitrogens is 3. The van der Waals surface area contributed by atoms with Crippen LogP contribution in [0, 0.1) is 0 Å². The Kier molecular flexibility index (Phi) is 5.85. The number of nitrogens with one attached hydrogen (secondary N) is 2. The number of hydrogen-bond acceptors (Lipinski definition) is 7. The lowest BCUT2D eigenvalue weighted by Gasteiger charge is -2.29. The van der Waals surface area contributed by atoms with Crippen LogP contribution in [0.25, 0.3) is 0 Å². The molecule has 1 aromatic heterocycles. The van der Waals surface area contributed by atoms with Gasteiger partial charge in [-0.1, -0.05) is 12.1 Å². The van der Waals surface area contributed by atoms with Crippen LogP contribution in [-0.2, 0) is 4.79 Å². The molecule has 3 aromatic rings. The fourth-order valence-electron chi connectivity index (χ4n) is 3.58. The van der Waals surface area contributed by atoms with Crippen LogP contribution in [0.4, 0.5) is 11.6 Å². The summed E-state index contributed by atoms with van der Waals surface area (Å²) in [6.45, 7) is 1.86. The van der Waals surface area contributed by atoms with Crippen molar-refractivity contribution in [3.05, 3.63) is 65.6 Å². The minimum Gasteiger partial charge on any atom is -0.497 e. The highest BCUT2D eigenvalue weighted by Crippen LogP contribution is 2.37. The number of allylic oxidation sites excluding steroid dienone is 1. The molecular formula is C22H23N5O3S. The molecule has 0 unspecified atom stereocenters. The van der Waals surface area contributed by atoms with Crippen LogP contribution in [0.5, 0.6) is 11.5 Å². The second-order valence-electron chi connectivity index (χ2n) is 6.89. The van der Waals surface area contributed by atoms with Gasteiger partial charge in [-0.05, 0) is 43.0 Å². The molecule has 0 saturated carbocycles. The Morgan fingerprint density at radius 1 is 1.16 bits per heavy atom. The molecule has 1 aliphatic rings. The zero-order valence-electron chi connectivity index (χ0n) is 17.7. The van der Waals surface area contributed by atoms with Crippen molar-refractivity contribution in [3.63, 3.8) is 0 Å². The van der Waals surface area contributed by atoms with Crippen LogP contribution in [0.2, 0.25) is 0 Å². The number of carbonyl (C=O) groups is 1. The SMILES string of the molecule is COc1ccc(OC)c(NC(=O)C2=C(C)Nc3ncnn3[C@H]2c2ccc(SC)cc2)c1. The molecule has 0 radical (unpaired) electrons. The molecule has 2 heterocycles. The highest BCUT2D eigenvalue weighted by Gasteiger charge is 2.33. The van der Waals surface area contributed by atoms with E-state index in [1.54, 1.807) is 48.9 Å². The number of methoxy groups -OCH3 is 2. The first-order chi connectivity index (χ1) is 15.0. The molecule has 1 amide bonds. The number of benzene rings is 2. The third-order valence-corrected chi connectivity index (χ3v) is 5.87. The second-order valence-corrected chi connectivity index (χ2v) is 7.77. The van der Waals surface area contributed by atoms with Gasteiger partial charge in [-0.25, -0.2) is 4.68 Å². The maximum absolute atomic E-state index is 13.5. The lowest BCUT2D eigenvalue weighted by Crippen LogP contribution is -2.31. The molecule has 0 saturated heterocycles. The third kappa shape index (κ3) is 3.96. The quantitative estimate of drug-likeness (QED) is 0.565. The van der Waals surface area contributed by atoms with Crippen molar-refractivity contribution in [2.24, 2.45) is 0 Å². The second kappa shape index (κ2) is 8.73. The van der Waals surface area contributed by atoms with Gasteiger partial charge in [0.1, 0.15) is 23.9 Å².